The number of amides is 1. The maximum absolute atomic E-state index is 12.7. The molecular formula is C23H29N3O4. The van der Waals surface area contributed by atoms with Crippen molar-refractivity contribution in [2.24, 2.45) is 5.92 Å². The van der Waals surface area contributed by atoms with Crippen molar-refractivity contribution in [1.82, 2.24) is 4.90 Å². The highest BCUT2D eigenvalue weighted by Gasteiger charge is 2.35. The fourth-order valence-corrected chi connectivity index (χ4v) is 3.77. The molecule has 160 valence electrons. The van der Waals surface area contributed by atoms with Gasteiger partial charge in [0.15, 0.2) is 0 Å². The molecule has 2 aromatic rings. The van der Waals surface area contributed by atoms with Gasteiger partial charge in [-0.1, -0.05) is 36.8 Å². The predicted octanol–water partition coefficient (Wildman–Crippen LogP) is 4.19. The predicted molar refractivity (Wildman–Crippen MR) is 117 cm³/mol. The van der Waals surface area contributed by atoms with Crippen LogP contribution >= 0.6 is 0 Å². The van der Waals surface area contributed by atoms with E-state index in [1.54, 1.807) is 6.07 Å². The molecule has 0 bridgehead atoms. The van der Waals surface area contributed by atoms with E-state index in [9.17, 15) is 14.9 Å². The summed E-state index contributed by atoms with van der Waals surface area (Å²) in [5.41, 5.74) is 2.50. The van der Waals surface area contributed by atoms with Gasteiger partial charge >= 0.3 is 0 Å². The Balaban J connectivity index is 1.70. The molecule has 1 saturated carbocycles. The molecule has 3 rings (SSSR count). The largest absolute Gasteiger partial charge is 0.496 e. The first-order valence-corrected chi connectivity index (χ1v) is 10.3. The van der Waals surface area contributed by atoms with Gasteiger partial charge < -0.3 is 10.1 Å². The van der Waals surface area contributed by atoms with Crippen LogP contribution in [0.15, 0.2) is 42.5 Å². The van der Waals surface area contributed by atoms with Crippen molar-refractivity contribution >= 4 is 17.3 Å². The van der Waals surface area contributed by atoms with Crippen LogP contribution in [0, 0.1) is 23.0 Å². The first-order valence-electron chi connectivity index (χ1n) is 10.3. The Bertz CT molecular complexity index is 894. The van der Waals surface area contributed by atoms with Gasteiger partial charge in [-0.05, 0) is 56.3 Å². The SMILES string of the molecule is CCN(CC(=O)Nc1ccc(OC)cc1[N+](=O)[O-])[C@@H](Cc1ccc(C)cc1)C1CC1. The van der Waals surface area contributed by atoms with E-state index in [2.05, 4.69) is 41.4 Å². The second-order valence-electron chi connectivity index (χ2n) is 7.85. The molecular weight excluding hydrogens is 382 g/mol. The minimum Gasteiger partial charge on any atom is -0.496 e. The molecule has 7 nitrogen and oxygen atoms in total. The normalized spacial score (nSPS) is 14.4. The molecule has 0 heterocycles. The van der Waals surface area contributed by atoms with Gasteiger partial charge in [0, 0.05) is 6.04 Å². The number of hydrogen-bond donors (Lipinski definition) is 1. The summed E-state index contributed by atoms with van der Waals surface area (Å²) in [5.74, 6) is 0.718. The third-order valence-electron chi connectivity index (χ3n) is 5.63. The van der Waals surface area contributed by atoms with Gasteiger partial charge in [-0.25, -0.2) is 0 Å². The standard InChI is InChI=1S/C23H29N3O4/c1-4-25(21(18-9-10-18)13-17-7-5-16(2)6-8-17)15-23(27)24-20-12-11-19(30-3)14-22(20)26(28)29/h5-8,11-12,14,18,21H,4,9-10,13,15H2,1-3H3,(H,24,27)/t21-/m0/s1. The van der Waals surface area contributed by atoms with Crippen LogP contribution in [0.4, 0.5) is 11.4 Å². The van der Waals surface area contributed by atoms with E-state index in [0.29, 0.717) is 11.7 Å². The number of nitrogens with one attached hydrogen (secondary N) is 1. The lowest BCUT2D eigenvalue weighted by Gasteiger charge is -2.30. The molecule has 7 heteroatoms. The average molecular weight is 412 g/mol. The number of rotatable bonds is 10. The molecule has 1 N–H and O–H groups in total. The molecule has 0 radical (unpaired) electrons. The zero-order valence-corrected chi connectivity index (χ0v) is 17.8. The van der Waals surface area contributed by atoms with Crippen LogP contribution in [0.5, 0.6) is 5.75 Å². The summed E-state index contributed by atoms with van der Waals surface area (Å²) >= 11 is 0. The van der Waals surface area contributed by atoms with Crippen LogP contribution in [0.2, 0.25) is 0 Å². The third kappa shape index (κ3) is 5.57. The maximum atomic E-state index is 12.7. The van der Waals surface area contributed by atoms with Crippen LogP contribution in [0.25, 0.3) is 0 Å². The Kier molecular flexibility index (Phi) is 7.05. The lowest BCUT2D eigenvalue weighted by atomic mass is 9.99. The van der Waals surface area contributed by atoms with Crippen molar-refractivity contribution in [2.75, 3.05) is 25.5 Å². The Morgan fingerprint density at radius 1 is 1.27 bits per heavy atom. The summed E-state index contributed by atoms with van der Waals surface area (Å²) in [4.78, 5) is 25.8. The quantitative estimate of drug-likeness (QED) is 0.468. The van der Waals surface area contributed by atoms with Crippen LogP contribution in [-0.4, -0.2) is 42.0 Å². The number of nitrogens with zero attached hydrogens (tertiary/aromatic N) is 2. The highest BCUT2D eigenvalue weighted by Crippen LogP contribution is 2.37. The fourth-order valence-electron chi connectivity index (χ4n) is 3.77. The second kappa shape index (κ2) is 9.71. The molecule has 30 heavy (non-hydrogen) atoms. The maximum Gasteiger partial charge on any atom is 0.296 e. The molecule has 1 aliphatic carbocycles. The van der Waals surface area contributed by atoms with Gasteiger partial charge in [0.25, 0.3) is 5.69 Å². The molecule has 1 fully saturated rings. The van der Waals surface area contributed by atoms with Gasteiger partial charge in [-0.3, -0.25) is 19.8 Å². The number of likely N-dealkylation sites (N-methyl/N-ethyl adjacent to an activating group) is 1. The highest BCUT2D eigenvalue weighted by molar-refractivity contribution is 5.94. The molecule has 1 atom stereocenters. The fraction of sp³-hybridized carbons (Fsp3) is 0.435. The smallest absolute Gasteiger partial charge is 0.296 e. The van der Waals surface area contributed by atoms with Crippen molar-refractivity contribution in [1.29, 1.82) is 0 Å². The number of ether oxygens (including phenoxy) is 1. The molecule has 1 amide bonds. The zero-order valence-electron chi connectivity index (χ0n) is 17.8. The summed E-state index contributed by atoms with van der Waals surface area (Å²) in [6, 6.07) is 13.3. The summed E-state index contributed by atoms with van der Waals surface area (Å²) in [7, 11) is 1.45. The summed E-state index contributed by atoms with van der Waals surface area (Å²) < 4.78 is 5.05. The van der Waals surface area contributed by atoms with E-state index >= 15 is 0 Å². The van der Waals surface area contributed by atoms with Gasteiger partial charge in [-0.2, -0.15) is 0 Å². The average Bonchev–Trinajstić information content (AvgIpc) is 3.57. The van der Waals surface area contributed by atoms with Gasteiger partial charge in [-0.15, -0.1) is 0 Å². The highest BCUT2D eigenvalue weighted by atomic mass is 16.6. The van der Waals surface area contributed by atoms with Crippen LogP contribution in [-0.2, 0) is 11.2 Å². The van der Waals surface area contributed by atoms with Gasteiger partial charge in [0.1, 0.15) is 11.4 Å². The molecule has 0 spiro atoms. The molecule has 1 aliphatic rings. The van der Waals surface area contributed by atoms with E-state index in [4.69, 9.17) is 4.74 Å². The number of nitro benzene ring substituents is 1. The van der Waals surface area contributed by atoms with Crippen LogP contribution in [0.3, 0.4) is 0 Å². The van der Waals surface area contributed by atoms with Crippen molar-refractivity contribution < 1.29 is 14.5 Å². The topological polar surface area (TPSA) is 84.7 Å². The molecule has 0 unspecified atom stereocenters. The molecule has 0 aromatic heterocycles. The lowest BCUT2D eigenvalue weighted by Crippen LogP contribution is -2.43. The zero-order chi connectivity index (χ0) is 21.7. The molecule has 0 saturated heterocycles. The number of methoxy groups -OCH3 is 1. The van der Waals surface area contributed by atoms with Crippen LogP contribution in [0.1, 0.15) is 30.9 Å². The summed E-state index contributed by atoms with van der Waals surface area (Å²) in [6.07, 6.45) is 3.26. The lowest BCUT2D eigenvalue weighted by molar-refractivity contribution is -0.384. The van der Waals surface area contributed by atoms with E-state index < -0.39 is 4.92 Å². The summed E-state index contributed by atoms with van der Waals surface area (Å²) in [6.45, 7) is 5.06. The van der Waals surface area contributed by atoms with Crippen molar-refractivity contribution in [3.8, 4) is 5.75 Å². The minimum atomic E-state index is -0.514. The number of aryl methyl sites for hydroxylation is 1. The van der Waals surface area contributed by atoms with E-state index in [-0.39, 0.29) is 29.9 Å². The van der Waals surface area contributed by atoms with E-state index in [1.807, 2.05) is 6.92 Å². The van der Waals surface area contributed by atoms with Gasteiger partial charge in [0.2, 0.25) is 5.91 Å². The number of anilines is 1. The van der Waals surface area contributed by atoms with Crippen molar-refractivity contribution in [3.05, 3.63) is 63.7 Å². The Labute approximate surface area is 177 Å². The molecule has 0 aliphatic heterocycles. The second-order valence-corrected chi connectivity index (χ2v) is 7.85. The Morgan fingerprint density at radius 2 is 1.97 bits per heavy atom. The van der Waals surface area contributed by atoms with E-state index in [1.165, 1.54) is 43.2 Å². The number of nitro groups is 1. The third-order valence-corrected chi connectivity index (χ3v) is 5.63. The molecule has 2 aromatic carbocycles. The van der Waals surface area contributed by atoms with Crippen molar-refractivity contribution in [3.63, 3.8) is 0 Å². The Morgan fingerprint density at radius 3 is 2.53 bits per heavy atom. The number of carbonyl (C=O) groups is 1. The van der Waals surface area contributed by atoms with E-state index in [0.717, 1.165) is 13.0 Å². The summed E-state index contributed by atoms with van der Waals surface area (Å²) in [5, 5.41) is 14.1. The number of hydrogen-bond acceptors (Lipinski definition) is 5. The minimum absolute atomic E-state index is 0.177. The number of benzene rings is 2. The first kappa shape index (κ1) is 21.8. The Hall–Kier alpha value is -2.93. The monoisotopic (exact) mass is 411 g/mol. The number of carbonyl (C=O) groups excluding carboxylic acids is 1. The van der Waals surface area contributed by atoms with Crippen LogP contribution < -0.4 is 10.1 Å². The van der Waals surface area contributed by atoms with Crippen molar-refractivity contribution in [2.45, 2.75) is 39.2 Å². The first-order chi connectivity index (χ1) is 14.4. The van der Waals surface area contributed by atoms with Gasteiger partial charge in [0.05, 0.1) is 24.6 Å².